The summed E-state index contributed by atoms with van der Waals surface area (Å²) in [6, 6.07) is 14.3. The Morgan fingerprint density at radius 1 is 0.892 bits per heavy atom. The van der Waals surface area contributed by atoms with Crippen LogP contribution in [0.3, 0.4) is 0 Å². The highest BCUT2D eigenvalue weighted by atomic mass is 16.5. The Balaban J connectivity index is 0.000000580. The monoisotopic (exact) mass is 523 g/mol. The van der Waals surface area contributed by atoms with Crippen molar-refractivity contribution in [3.05, 3.63) is 53.6 Å². The number of benzene rings is 2. The molecule has 37 heavy (non-hydrogen) atoms. The molecule has 2 rings (SSSR count). The Labute approximate surface area is 216 Å². The van der Waals surface area contributed by atoms with Gasteiger partial charge in [-0.05, 0) is 43.8 Å². The summed E-state index contributed by atoms with van der Waals surface area (Å²) in [5.74, 6) is -1.69. The lowest BCUT2D eigenvalue weighted by molar-refractivity contribution is -0.165. The number of nitrogens with zero attached hydrogens (tertiary/aromatic N) is 1. The van der Waals surface area contributed by atoms with Gasteiger partial charge in [-0.2, -0.15) is 0 Å². The van der Waals surface area contributed by atoms with E-state index in [-0.39, 0.29) is 5.54 Å². The minimum absolute atomic E-state index is 0.179. The molecule has 0 saturated carbocycles. The summed E-state index contributed by atoms with van der Waals surface area (Å²) in [6.45, 7) is 3.23. The van der Waals surface area contributed by atoms with Gasteiger partial charge in [0.2, 0.25) is 5.75 Å². The number of ether oxygens (including phenoxy) is 4. The van der Waals surface area contributed by atoms with Crippen molar-refractivity contribution in [1.82, 2.24) is 4.90 Å². The largest absolute Gasteiger partial charge is 0.493 e. The molecule has 2 aromatic rings. The molecular weight excluding hydrogens is 486 g/mol. The van der Waals surface area contributed by atoms with E-state index in [1.165, 1.54) is 5.56 Å². The fraction of sp³-hybridized carbons (Fsp3) is 0.462. The maximum absolute atomic E-state index is 9.77. The number of likely N-dealkylation sites (N-methyl/N-ethyl adjacent to an activating group) is 1. The van der Waals surface area contributed by atoms with Crippen molar-refractivity contribution in [2.24, 2.45) is 0 Å². The molecule has 0 bridgehead atoms. The number of carboxylic acids is 2. The third-order valence-corrected chi connectivity index (χ3v) is 5.89. The molecule has 3 atom stereocenters. The van der Waals surface area contributed by atoms with Crippen LogP contribution in [0.2, 0.25) is 0 Å². The molecule has 0 aliphatic heterocycles. The molecule has 4 N–H and O–H groups in total. The SMILES string of the molecule is CC[C@](COCc1cc(OC)c(OC)c(OC)c1)(c1ccccc1)N(C)C.O=C(O)C(O)C(O)C(=O)O. The summed E-state index contributed by atoms with van der Waals surface area (Å²) in [5.41, 5.74) is 2.05. The lowest BCUT2D eigenvalue weighted by Crippen LogP contribution is -2.45. The zero-order valence-electron chi connectivity index (χ0n) is 22.0. The van der Waals surface area contributed by atoms with E-state index >= 15 is 0 Å². The van der Waals surface area contributed by atoms with Crippen molar-refractivity contribution in [2.45, 2.75) is 37.7 Å². The van der Waals surface area contributed by atoms with Crippen LogP contribution in [0.1, 0.15) is 24.5 Å². The van der Waals surface area contributed by atoms with Crippen LogP contribution in [-0.2, 0) is 26.5 Å². The van der Waals surface area contributed by atoms with E-state index in [0.29, 0.717) is 30.5 Å². The molecule has 0 fully saturated rings. The van der Waals surface area contributed by atoms with Crippen molar-refractivity contribution < 1.29 is 49.0 Å². The van der Waals surface area contributed by atoms with Gasteiger partial charge in [0.05, 0.1) is 40.1 Å². The number of hydrogen-bond acceptors (Lipinski definition) is 9. The Morgan fingerprint density at radius 3 is 1.73 bits per heavy atom. The molecule has 206 valence electrons. The Hall–Kier alpha value is -3.38. The molecule has 0 spiro atoms. The van der Waals surface area contributed by atoms with E-state index < -0.39 is 24.1 Å². The van der Waals surface area contributed by atoms with Crippen molar-refractivity contribution in [3.8, 4) is 17.2 Å². The van der Waals surface area contributed by atoms with Gasteiger partial charge in [-0.1, -0.05) is 37.3 Å². The van der Waals surface area contributed by atoms with Crippen LogP contribution in [0.5, 0.6) is 17.2 Å². The highest BCUT2D eigenvalue weighted by Gasteiger charge is 2.33. The second-order valence-corrected chi connectivity index (χ2v) is 8.24. The number of methoxy groups -OCH3 is 3. The summed E-state index contributed by atoms with van der Waals surface area (Å²) in [4.78, 5) is 21.8. The second kappa shape index (κ2) is 15.0. The molecule has 0 amide bonds. The number of carboxylic acid groups (broad SMARTS) is 2. The maximum Gasteiger partial charge on any atom is 0.335 e. The first-order valence-electron chi connectivity index (χ1n) is 11.4. The normalized spacial score (nSPS) is 14.0. The Kier molecular flexibility index (Phi) is 12.8. The topological polar surface area (TPSA) is 155 Å². The summed E-state index contributed by atoms with van der Waals surface area (Å²) >= 11 is 0. The third-order valence-electron chi connectivity index (χ3n) is 5.89. The van der Waals surface area contributed by atoms with E-state index in [0.717, 1.165) is 12.0 Å². The van der Waals surface area contributed by atoms with Gasteiger partial charge in [0.1, 0.15) is 0 Å². The van der Waals surface area contributed by atoms with Crippen molar-refractivity contribution in [3.63, 3.8) is 0 Å². The third kappa shape index (κ3) is 8.32. The number of rotatable bonds is 13. The highest BCUT2D eigenvalue weighted by Crippen LogP contribution is 2.38. The molecule has 0 radical (unpaired) electrons. The molecule has 0 aliphatic rings. The van der Waals surface area contributed by atoms with Gasteiger partial charge >= 0.3 is 11.9 Å². The predicted molar refractivity (Wildman–Crippen MR) is 135 cm³/mol. The number of hydrogen-bond donors (Lipinski definition) is 4. The van der Waals surface area contributed by atoms with Gasteiger partial charge in [0.25, 0.3) is 0 Å². The summed E-state index contributed by atoms with van der Waals surface area (Å²) in [5, 5.41) is 32.5. The van der Waals surface area contributed by atoms with Crippen LogP contribution in [0, 0.1) is 0 Å². The maximum atomic E-state index is 9.77. The van der Waals surface area contributed by atoms with E-state index in [2.05, 4.69) is 50.2 Å². The first kappa shape index (κ1) is 31.6. The van der Waals surface area contributed by atoms with Gasteiger partial charge in [-0.25, -0.2) is 9.59 Å². The minimum Gasteiger partial charge on any atom is -0.493 e. The van der Waals surface area contributed by atoms with E-state index in [4.69, 9.17) is 39.4 Å². The zero-order chi connectivity index (χ0) is 28.2. The molecular formula is C26H37NO10. The van der Waals surface area contributed by atoms with Crippen LogP contribution in [0.4, 0.5) is 0 Å². The quantitative estimate of drug-likeness (QED) is 0.304. The summed E-state index contributed by atoms with van der Waals surface area (Å²) in [7, 11) is 9.03. The van der Waals surface area contributed by atoms with Crippen molar-refractivity contribution >= 4 is 11.9 Å². The van der Waals surface area contributed by atoms with Crippen molar-refractivity contribution in [1.29, 1.82) is 0 Å². The smallest absolute Gasteiger partial charge is 0.335 e. The summed E-state index contributed by atoms with van der Waals surface area (Å²) in [6.07, 6.45) is -3.59. The Bertz CT molecular complexity index is 955. The van der Waals surface area contributed by atoms with Gasteiger partial charge in [-0.3, -0.25) is 4.90 Å². The highest BCUT2D eigenvalue weighted by molar-refractivity contribution is 5.83. The Morgan fingerprint density at radius 2 is 1.38 bits per heavy atom. The fourth-order valence-electron chi connectivity index (χ4n) is 3.67. The zero-order valence-corrected chi connectivity index (χ0v) is 22.0. The van der Waals surface area contributed by atoms with Crippen molar-refractivity contribution in [2.75, 3.05) is 42.0 Å². The first-order valence-corrected chi connectivity index (χ1v) is 11.4. The van der Waals surface area contributed by atoms with Crippen LogP contribution in [-0.4, -0.2) is 91.5 Å². The van der Waals surface area contributed by atoms with Crippen LogP contribution in [0.15, 0.2) is 42.5 Å². The summed E-state index contributed by atoms with van der Waals surface area (Å²) < 4.78 is 22.4. The average molecular weight is 524 g/mol. The molecule has 2 unspecified atom stereocenters. The van der Waals surface area contributed by atoms with E-state index in [1.807, 2.05) is 18.2 Å². The number of aliphatic hydroxyl groups excluding tert-OH is 2. The van der Waals surface area contributed by atoms with Gasteiger partial charge < -0.3 is 39.4 Å². The van der Waals surface area contributed by atoms with E-state index in [1.54, 1.807) is 21.3 Å². The number of aliphatic carboxylic acids is 2. The van der Waals surface area contributed by atoms with Gasteiger partial charge in [0.15, 0.2) is 23.7 Å². The number of aliphatic hydroxyl groups is 2. The first-order chi connectivity index (χ1) is 17.5. The predicted octanol–water partition coefficient (Wildman–Crippen LogP) is 1.97. The molecule has 0 saturated heterocycles. The van der Waals surface area contributed by atoms with Gasteiger partial charge in [0, 0.05) is 0 Å². The average Bonchev–Trinajstić information content (AvgIpc) is 2.90. The molecule has 0 heterocycles. The van der Waals surface area contributed by atoms with Crippen LogP contribution < -0.4 is 14.2 Å². The van der Waals surface area contributed by atoms with Gasteiger partial charge in [-0.15, -0.1) is 0 Å². The molecule has 0 aromatic heterocycles. The molecule has 2 aromatic carbocycles. The van der Waals surface area contributed by atoms with Crippen LogP contribution in [0.25, 0.3) is 0 Å². The molecule has 0 aliphatic carbocycles. The molecule has 11 heteroatoms. The second-order valence-electron chi connectivity index (χ2n) is 8.24. The minimum atomic E-state index is -2.27. The number of carbonyl (C=O) groups is 2. The lowest BCUT2D eigenvalue weighted by Gasteiger charge is -2.39. The standard InChI is InChI=1S/C22H31NO4.C4H6O6/c1-7-22(23(2)3,18-11-9-8-10-12-18)16-27-15-17-13-19(24-4)21(26-6)20(14-17)25-5;5-1(3(7)8)2(6)4(9)10/h8-14H,7,15-16H2,1-6H3;1-2,5-6H,(H,7,8)(H,9,10)/t22-;/m0./s1. The van der Waals surface area contributed by atoms with Crippen LogP contribution >= 0.6 is 0 Å². The fourth-order valence-corrected chi connectivity index (χ4v) is 3.67. The lowest BCUT2D eigenvalue weighted by atomic mass is 9.87. The van der Waals surface area contributed by atoms with E-state index in [9.17, 15) is 9.59 Å². The molecule has 11 nitrogen and oxygen atoms in total.